The third-order valence-electron chi connectivity index (χ3n) is 3.24. The van der Waals surface area contributed by atoms with Crippen LogP contribution < -0.4 is 5.73 Å². The molecule has 1 aliphatic heterocycles. The van der Waals surface area contributed by atoms with Crippen LogP contribution in [0.3, 0.4) is 0 Å². The van der Waals surface area contributed by atoms with Gasteiger partial charge in [0.15, 0.2) is 0 Å². The molecule has 3 heteroatoms. The molecule has 0 saturated heterocycles. The minimum absolute atomic E-state index is 0.138. The number of nitrogens with zero attached hydrogens (tertiary/aromatic N) is 1. The number of hydrogen-bond acceptors (Lipinski definition) is 3. The quantitative estimate of drug-likeness (QED) is 0.595. The summed E-state index contributed by atoms with van der Waals surface area (Å²) in [6.45, 7) is 17.0. The lowest BCUT2D eigenvalue weighted by molar-refractivity contribution is 0.118. The van der Waals surface area contributed by atoms with E-state index in [1.165, 1.54) is 0 Å². The van der Waals surface area contributed by atoms with Crippen molar-refractivity contribution in [3.63, 3.8) is 0 Å². The molecule has 1 atom stereocenters. The van der Waals surface area contributed by atoms with Gasteiger partial charge in [-0.05, 0) is 28.4 Å². The summed E-state index contributed by atoms with van der Waals surface area (Å²) < 4.78 is 5.55. The Kier molecular flexibility index (Phi) is 5.92. The minimum Gasteiger partial charge on any atom is -0.376 e. The molecule has 2 N–H and O–H groups in total. The Morgan fingerprint density at radius 1 is 1.40 bits per heavy atom. The normalized spacial score (nSPS) is 18.7. The molecule has 0 saturated carbocycles. The van der Waals surface area contributed by atoms with Gasteiger partial charge in [0, 0.05) is 18.0 Å². The van der Waals surface area contributed by atoms with Gasteiger partial charge in [0.2, 0.25) is 0 Å². The highest BCUT2D eigenvalue weighted by molar-refractivity contribution is 5.54. The monoisotopic (exact) mass is 268 g/mol. The fourth-order valence-electron chi connectivity index (χ4n) is 2.00. The largest absolute Gasteiger partial charge is 0.376 e. The van der Waals surface area contributed by atoms with Gasteiger partial charge >= 0.3 is 0 Å². The van der Waals surface area contributed by atoms with E-state index in [1.807, 2.05) is 12.1 Å². The third kappa shape index (κ3) is 3.67. The highest BCUT2D eigenvalue weighted by Crippen LogP contribution is 2.29. The van der Waals surface area contributed by atoms with E-state index in [1.54, 1.807) is 12.2 Å². The average molecular weight is 268 g/mol. The van der Waals surface area contributed by atoms with Crippen LogP contribution in [0, 0.1) is 17.2 Å². The average Bonchev–Trinajstić information content (AvgIpc) is 2.50. The van der Waals surface area contributed by atoms with Crippen LogP contribution in [0.25, 0.3) is 0 Å². The predicted molar refractivity (Wildman–Crippen MR) is 82.8 cm³/mol. The topological polar surface area (TPSA) is 59.0 Å². The second-order valence-electron chi connectivity index (χ2n) is 4.56. The molecule has 0 aliphatic carbocycles. The second kappa shape index (κ2) is 7.44. The lowest BCUT2D eigenvalue weighted by Crippen LogP contribution is -2.28. The van der Waals surface area contributed by atoms with E-state index in [0.29, 0.717) is 25.3 Å². The Morgan fingerprint density at radius 3 is 2.65 bits per heavy atom. The molecule has 3 nitrogen and oxygen atoms in total. The van der Waals surface area contributed by atoms with Crippen LogP contribution in [-0.2, 0) is 4.74 Å². The molecule has 1 heterocycles. The molecular weight excluding hydrogens is 248 g/mol. The van der Waals surface area contributed by atoms with E-state index < -0.39 is 0 Å². The van der Waals surface area contributed by atoms with E-state index in [0.717, 1.165) is 22.3 Å². The smallest absolute Gasteiger partial charge is 0.0985 e. The molecule has 104 valence electrons. The Hall–Kier alpha value is -2.15. The summed E-state index contributed by atoms with van der Waals surface area (Å²) in [6, 6.07) is 1.95. The van der Waals surface area contributed by atoms with Crippen molar-refractivity contribution in [2.24, 2.45) is 11.7 Å². The first kappa shape index (κ1) is 15.9. The Morgan fingerprint density at radius 2 is 2.10 bits per heavy atom. The molecule has 0 aromatic heterocycles. The van der Waals surface area contributed by atoms with E-state index in [2.05, 4.69) is 26.3 Å². The van der Waals surface area contributed by atoms with E-state index >= 15 is 0 Å². The highest BCUT2D eigenvalue weighted by atomic mass is 16.5. The molecular formula is C17H20N2O. The van der Waals surface area contributed by atoms with E-state index in [9.17, 15) is 0 Å². The van der Waals surface area contributed by atoms with E-state index in [-0.39, 0.29) is 5.92 Å². The van der Waals surface area contributed by atoms with Gasteiger partial charge in [0.1, 0.15) is 0 Å². The summed E-state index contributed by atoms with van der Waals surface area (Å²) in [7, 11) is 0. The molecule has 1 aliphatic rings. The zero-order valence-electron chi connectivity index (χ0n) is 11.7. The van der Waals surface area contributed by atoms with Crippen molar-refractivity contribution in [2.75, 3.05) is 19.8 Å². The lowest BCUT2D eigenvalue weighted by atomic mass is 9.87. The van der Waals surface area contributed by atoms with E-state index in [4.69, 9.17) is 15.7 Å². The van der Waals surface area contributed by atoms with Crippen molar-refractivity contribution in [3.8, 4) is 6.07 Å². The number of allylic oxidation sites excluding steroid dienone is 5. The van der Waals surface area contributed by atoms with Crippen LogP contribution in [0.1, 0.15) is 0 Å². The van der Waals surface area contributed by atoms with Crippen LogP contribution >= 0.6 is 0 Å². The molecule has 0 amide bonds. The maximum atomic E-state index is 8.67. The fourth-order valence-corrected chi connectivity index (χ4v) is 2.00. The van der Waals surface area contributed by atoms with Crippen molar-refractivity contribution in [1.29, 1.82) is 5.26 Å². The summed E-state index contributed by atoms with van der Waals surface area (Å²) in [5.74, 6) is 0.138. The molecule has 0 radical (unpaired) electrons. The van der Waals surface area contributed by atoms with Gasteiger partial charge in [-0.2, -0.15) is 5.26 Å². The highest BCUT2D eigenvalue weighted by Gasteiger charge is 2.22. The van der Waals surface area contributed by atoms with Crippen LogP contribution in [0.15, 0.2) is 72.4 Å². The lowest BCUT2D eigenvalue weighted by Gasteiger charge is -2.27. The molecule has 0 fully saturated rings. The van der Waals surface area contributed by atoms with Crippen LogP contribution in [0.4, 0.5) is 0 Å². The molecule has 0 spiro atoms. The molecule has 1 rings (SSSR count). The Bertz CT molecular complexity index is 544. The standard InChI is InChI=1S/C17H20N2O/c1-5-16-15(9-19)10-20-11-17(16)14(4)13(3)7-6-12(2)8-18/h5-7,15H,1-4,9-11,19H2/b7-6-. The van der Waals surface area contributed by atoms with Gasteiger partial charge in [-0.1, -0.05) is 38.5 Å². The first-order valence-electron chi connectivity index (χ1n) is 6.34. The van der Waals surface area contributed by atoms with Gasteiger partial charge in [0.05, 0.1) is 19.3 Å². The predicted octanol–water partition coefficient (Wildman–Crippen LogP) is 2.82. The van der Waals surface area contributed by atoms with Crippen molar-refractivity contribution in [2.45, 2.75) is 0 Å². The number of rotatable bonds is 6. The van der Waals surface area contributed by atoms with Gasteiger partial charge in [0.25, 0.3) is 0 Å². The fraction of sp³-hybridized carbons (Fsp3) is 0.235. The maximum absolute atomic E-state index is 8.67. The summed E-state index contributed by atoms with van der Waals surface area (Å²) in [4.78, 5) is 0. The second-order valence-corrected chi connectivity index (χ2v) is 4.56. The summed E-state index contributed by atoms with van der Waals surface area (Å²) in [6.07, 6.45) is 5.16. The van der Waals surface area contributed by atoms with Crippen molar-refractivity contribution >= 4 is 0 Å². The molecule has 20 heavy (non-hydrogen) atoms. The zero-order valence-corrected chi connectivity index (χ0v) is 11.7. The van der Waals surface area contributed by atoms with Gasteiger partial charge < -0.3 is 10.5 Å². The first-order chi connectivity index (χ1) is 9.54. The maximum Gasteiger partial charge on any atom is 0.0985 e. The zero-order chi connectivity index (χ0) is 15.1. The van der Waals surface area contributed by atoms with Crippen molar-refractivity contribution in [3.05, 3.63) is 72.4 Å². The minimum atomic E-state index is 0.138. The Labute approximate surface area is 120 Å². The molecule has 0 bridgehead atoms. The van der Waals surface area contributed by atoms with Gasteiger partial charge in [-0.3, -0.25) is 0 Å². The number of nitriles is 1. The molecule has 0 aromatic rings. The third-order valence-corrected chi connectivity index (χ3v) is 3.24. The molecule has 0 aromatic carbocycles. The van der Waals surface area contributed by atoms with Crippen LogP contribution in [0.2, 0.25) is 0 Å². The van der Waals surface area contributed by atoms with Crippen LogP contribution in [-0.4, -0.2) is 19.8 Å². The Balaban J connectivity index is 3.00. The van der Waals surface area contributed by atoms with Gasteiger partial charge in [-0.25, -0.2) is 0 Å². The number of ether oxygens (including phenoxy) is 1. The van der Waals surface area contributed by atoms with Crippen molar-refractivity contribution in [1.82, 2.24) is 0 Å². The number of nitrogens with two attached hydrogens (primary N) is 1. The molecule has 1 unspecified atom stereocenters. The summed E-state index contributed by atoms with van der Waals surface area (Å²) in [5, 5.41) is 8.67. The van der Waals surface area contributed by atoms with Crippen LogP contribution in [0.5, 0.6) is 0 Å². The SMILES string of the molecule is C=CC1=C(C(=C)C(=C)/C=C\C(=C)C#N)COCC1CN. The number of hydrogen-bond donors (Lipinski definition) is 1. The first-order valence-corrected chi connectivity index (χ1v) is 6.34. The van der Waals surface area contributed by atoms with Crippen molar-refractivity contribution < 1.29 is 4.74 Å². The van der Waals surface area contributed by atoms with Gasteiger partial charge in [-0.15, -0.1) is 0 Å². The summed E-state index contributed by atoms with van der Waals surface area (Å²) in [5.41, 5.74) is 9.66. The summed E-state index contributed by atoms with van der Waals surface area (Å²) >= 11 is 0.